The van der Waals surface area contributed by atoms with Crippen molar-refractivity contribution in [1.29, 1.82) is 10.5 Å². The van der Waals surface area contributed by atoms with Crippen LogP contribution in [0.15, 0.2) is 62.8 Å². The molecule has 0 bridgehead atoms. The van der Waals surface area contributed by atoms with Gasteiger partial charge < -0.3 is 13.4 Å². The summed E-state index contributed by atoms with van der Waals surface area (Å²) >= 11 is 2.80. The molecule has 5 rings (SSSR count). The van der Waals surface area contributed by atoms with Crippen LogP contribution >= 0.6 is 22.7 Å². The van der Waals surface area contributed by atoms with Crippen LogP contribution in [-0.2, 0) is 6.54 Å². The van der Waals surface area contributed by atoms with Gasteiger partial charge in [0.1, 0.15) is 5.58 Å². The molecule has 0 aliphatic rings. The first kappa shape index (κ1) is 23.6. The first-order valence-corrected chi connectivity index (χ1v) is 12.5. The Kier molecular flexibility index (Phi) is 6.29. The molecule has 0 aliphatic heterocycles. The number of hydrogen-bond donors (Lipinski definition) is 0. The number of thiazole rings is 1. The normalized spacial score (nSPS) is 11.7. The number of nitriles is 2. The van der Waals surface area contributed by atoms with E-state index in [1.54, 1.807) is 12.3 Å². The molecule has 8 nitrogen and oxygen atoms in total. The number of allylic oxidation sites excluding steroid dienone is 2. The third-order valence-corrected chi connectivity index (χ3v) is 7.37. The van der Waals surface area contributed by atoms with Gasteiger partial charge in [0.25, 0.3) is 11.4 Å². The smallest absolute Gasteiger partial charge is 0.263 e. The van der Waals surface area contributed by atoms with Crippen molar-refractivity contribution in [3.63, 3.8) is 0 Å². The minimum absolute atomic E-state index is 0.00408. The molecule has 176 valence electrons. The number of hydrogen-bond acceptors (Lipinski definition) is 7. The van der Waals surface area contributed by atoms with Crippen LogP contribution < -0.4 is 0 Å². The fourth-order valence-corrected chi connectivity index (χ4v) is 5.57. The van der Waals surface area contributed by atoms with Gasteiger partial charge in [0.15, 0.2) is 22.3 Å². The Morgan fingerprint density at radius 2 is 1.62 bits per heavy atom. The van der Waals surface area contributed by atoms with E-state index in [9.17, 15) is 0 Å². The molecule has 0 amide bonds. The zero-order valence-electron chi connectivity index (χ0n) is 19.2. The second kappa shape index (κ2) is 9.85. The summed E-state index contributed by atoms with van der Waals surface area (Å²) in [5.74, 6) is 1.99. The Morgan fingerprint density at radius 1 is 0.946 bits per heavy atom. The summed E-state index contributed by atoms with van der Waals surface area (Å²) in [6.45, 7) is 16.8. The van der Waals surface area contributed by atoms with Crippen LogP contribution in [0.25, 0.3) is 65.8 Å². The van der Waals surface area contributed by atoms with Gasteiger partial charge in [-0.05, 0) is 49.4 Å². The van der Waals surface area contributed by atoms with Crippen molar-refractivity contribution >= 4 is 45.1 Å². The van der Waals surface area contributed by atoms with Crippen molar-refractivity contribution < 1.29 is 8.83 Å². The molecule has 0 spiro atoms. The maximum absolute atomic E-state index is 8.99. The van der Waals surface area contributed by atoms with E-state index in [-0.39, 0.29) is 11.4 Å². The number of rotatable bonds is 6. The molecule has 0 fully saturated rings. The Bertz CT molecular complexity index is 1810. The number of aromatic nitrogens is 2. The largest absolute Gasteiger partial charge is 0.454 e. The molecule has 0 saturated heterocycles. The van der Waals surface area contributed by atoms with E-state index in [1.165, 1.54) is 28.7 Å². The molecule has 0 unspecified atom stereocenters. The van der Waals surface area contributed by atoms with Crippen LogP contribution in [0.4, 0.5) is 0 Å². The van der Waals surface area contributed by atoms with Crippen LogP contribution in [0.2, 0.25) is 0 Å². The third kappa shape index (κ3) is 4.47. The van der Waals surface area contributed by atoms with Gasteiger partial charge in [-0.3, -0.25) is 0 Å². The van der Waals surface area contributed by atoms with E-state index in [0.717, 1.165) is 21.0 Å². The van der Waals surface area contributed by atoms with Gasteiger partial charge in [0.05, 0.1) is 41.4 Å². The maximum Gasteiger partial charge on any atom is 0.263 e. The fraction of sp³-hybridized carbons (Fsp3) is 0.0741. The van der Waals surface area contributed by atoms with Crippen LogP contribution in [-0.4, -0.2) is 9.55 Å². The first-order valence-electron chi connectivity index (χ1n) is 10.8. The summed E-state index contributed by atoms with van der Waals surface area (Å²) < 4.78 is 15.3. The average molecular weight is 519 g/mol. The molecule has 0 atom stereocenters. The highest BCUT2D eigenvalue weighted by molar-refractivity contribution is 7.19. The van der Waals surface area contributed by atoms with Gasteiger partial charge in [-0.2, -0.15) is 0 Å². The lowest BCUT2D eigenvalue weighted by Crippen LogP contribution is -1.98. The highest BCUT2D eigenvalue weighted by Crippen LogP contribution is 2.38. The second-order valence-corrected chi connectivity index (χ2v) is 9.75. The quantitative estimate of drug-likeness (QED) is 0.168. The molecular formula is C27H14N6O2S2. The molecule has 37 heavy (non-hydrogen) atoms. The zero-order valence-corrected chi connectivity index (χ0v) is 20.9. The number of fused-ring (bicyclic) bond motifs is 1. The predicted molar refractivity (Wildman–Crippen MR) is 142 cm³/mol. The van der Waals surface area contributed by atoms with E-state index in [4.69, 9.17) is 32.5 Å². The van der Waals surface area contributed by atoms with E-state index >= 15 is 0 Å². The summed E-state index contributed by atoms with van der Waals surface area (Å²) in [6.07, 6.45) is 4.68. The number of nitrogens with zero attached hydrogens (tertiary/aromatic N) is 6. The van der Waals surface area contributed by atoms with E-state index in [1.807, 2.05) is 55.5 Å². The summed E-state index contributed by atoms with van der Waals surface area (Å²) in [6, 6.07) is 15.2. The zero-order chi connectivity index (χ0) is 25.9. The number of furan rings is 2. The second-order valence-electron chi connectivity index (χ2n) is 7.57. The van der Waals surface area contributed by atoms with Gasteiger partial charge in [0.2, 0.25) is 0 Å². The summed E-state index contributed by atoms with van der Waals surface area (Å²) in [7, 11) is 0. The summed E-state index contributed by atoms with van der Waals surface area (Å²) in [5.41, 5.74) is 2.53. The minimum Gasteiger partial charge on any atom is -0.454 e. The van der Waals surface area contributed by atoms with E-state index in [0.29, 0.717) is 39.3 Å². The molecule has 0 aliphatic carbocycles. The fourth-order valence-electron chi connectivity index (χ4n) is 3.80. The summed E-state index contributed by atoms with van der Waals surface area (Å²) in [4.78, 5) is 12.2. The van der Waals surface area contributed by atoms with Crippen molar-refractivity contribution in [3.05, 3.63) is 86.6 Å². The lowest BCUT2D eigenvalue weighted by molar-refractivity contribution is 0.585. The molecule has 10 heteroatoms. The lowest BCUT2D eigenvalue weighted by Gasteiger charge is -2.08. The molecule has 0 N–H and O–H groups in total. The SMILES string of the molecule is [C-]#[N+]/C(C#N)=C\c1cnc(-c2ccc(-c3ccc(-c4cc5sc(/C=C(\C#N)[N+]#[C-])cc5o4)n3CC)o2)s1. The van der Waals surface area contributed by atoms with Crippen molar-refractivity contribution in [2.75, 3.05) is 0 Å². The molecule has 5 heterocycles. The highest BCUT2D eigenvalue weighted by Gasteiger charge is 2.18. The molecule has 0 saturated carbocycles. The van der Waals surface area contributed by atoms with Crippen LogP contribution in [0.3, 0.4) is 0 Å². The molecule has 5 aromatic heterocycles. The maximum atomic E-state index is 8.99. The standard InChI is InChI=1S/C27H14N6O2S2/c1-4-33-20(22-7-8-23(34-22)27-32-15-19(37-27)10-17(14-29)31-3)5-6-21(33)24-12-26-25(35-24)11-18(36-26)9-16(13-28)30-2/h5-12,15H,4H2,1H3/b16-9+,17-10-. The Labute approximate surface area is 219 Å². The topological polar surface area (TPSA) is 100 Å². The van der Waals surface area contributed by atoms with Crippen LogP contribution in [0, 0.1) is 35.8 Å². The molecule has 5 aromatic rings. The first-order chi connectivity index (χ1) is 18.1. The Hall–Kier alpha value is -5.13. The third-order valence-electron chi connectivity index (χ3n) is 5.40. The predicted octanol–water partition coefficient (Wildman–Crippen LogP) is 7.93. The van der Waals surface area contributed by atoms with Gasteiger partial charge in [-0.1, -0.05) is 0 Å². The highest BCUT2D eigenvalue weighted by atomic mass is 32.1. The monoisotopic (exact) mass is 518 g/mol. The molecular weight excluding hydrogens is 504 g/mol. The molecule has 0 aromatic carbocycles. The van der Waals surface area contributed by atoms with Gasteiger partial charge >= 0.3 is 0 Å². The van der Waals surface area contributed by atoms with E-state index < -0.39 is 0 Å². The van der Waals surface area contributed by atoms with Crippen LogP contribution in [0.5, 0.6) is 0 Å². The van der Waals surface area contributed by atoms with Crippen molar-refractivity contribution in [2.24, 2.45) is 0 Å². The number of thiophene rings is 1. The van der Waals surface area contributed by atoms with Gasteiger partial charge in [-0.25, -0.2) is 25.2 Å². The van der Waals surface area contributed by atoms with Gasteiger partial charge in [-0.15, -0.1) is 22.7 Å². The van der Waals surface area contributed by atoms with E-state index in [2.05, 4.69) is 19.2 Å². The lowest BCUT2D eigenvalue weighted by atomic mass is 10.3. The Balaban J connectivity index is 1.44. The van der Waals surface area contributed by atoms with Crippen LogP contribution in [0.1, 0.15) is 16.7 Å². The van der Waals surface area contributed by atoms with Crippen molar-refractivity contribution in [1.82, 2.24) is 9.55 Å². The van der Waals surface area contributed by atoms with Crippen molar-refractivity contribution in [2.45, 2.75) is 13.5 Å². The Morgan fingerprint density at radius 3 is 2.27 bits per heavy atom. The van der Waals surface area contributed by atoms with Gasteiger partial charge in [0, 0.05) is 28.6 Å². The summed E-state index contributed by atoms with van der Waals surface area (Å²) in [5, 5.41) is 18.6. The van der Waals surface area contributed by atoms with Crippen molar-refractivity contribution in [3.8, 4) is 45.8 Å². The average Bonchev–Trinajstić information content (AvgIpc) is 3.72. The minimum atomic E-state index is 0.00408. The molecule has 0 radical (unpaired) electrons.